The lowest BCUT2D eigenvalue weighted by atomic mass is 10.2. The van der Waals surface area contributed by atoms with Crippen molar-refractivity contribution in [3.63, 3.8) is 0 Å². The van der Waals surface area contributed by atoms with Gasteiger partial charge in [0.05, 0.1) is 25.8 Å². The van der Waals surface area contributed by atoms with E-state index in [4.69, 9.17) is 4.74 Å². The summed E-state index contributed by atoms with van der Waals surface area (Å²) in [6.07, 6.45) is 0.249. The fourth-order valence-electron chi connectivity index (χ4n) is 2.80. The second kappa shape index (κ2) is 10.2. The molecule has 1 N–H and O–H groups in total. The van der Waals surface area contributed by atoms with Crippen molar-refractivity contribution in [2.75, 3.05) is 12.4 Å². The number of benzene rings is 2. The number of hydrogen-bond acceptors (Lipinski definition) is 8. The molecule has 0 aliphatic rings. The second-order valence-electron chi connectivity index (χ2n) is 6.58. The number of carbonyl (C=O) groups excluding carboxylic acids is 1. The van der Waals surface area contributed by atoms with Gasteiger partial charge in [0.2, 0.25) is 11.1 Å². The van der Waals surface area contributed by atoms with Gasteiger partial charge in [0.1, 0.15) is 10.8 Å². The fraction of sp³-hybridized carbons (Fsp3) is 0.190. The minimum absolute atomic E-state index is 0.0804. The average Bonchev–Trinajstić information content (AvgIpc) is 3.42. The van der Waals surface area contributed by atoms with Gasteiger partial charge in [-0.3, -0.25) is 4.79 Å². The Kier molecular flexibility index (Phi) is 6.90. The molecule has 2 heterocycles. The monoisotopic (exact) mass is 452 g/mol. The number of amides is 1. The molecule has 158 valence electrons. The van der Waals surface area contributed by atoms with E-state index in [1.54, 1.807) is 11.8 Å². The number of nitrogens with one attached hydrogen (secondary N) is 1. The molecule has 31 heavy (non-hydrogen) atoms. The lowest BCUT2D eigenvalue weighted by molar-refractivity contribution is -0.115. The van der Waals surface area contributed by atoms with Gasteiger partial charge in [-0.15, -0.1) is 16.4 Å². The van der Waals surface area contributed by atoms with Crippen LogP contribution in [0.4, 0.5) is 5.69 Å². The van der Waals surface area contributed by atoms with Crippen LogP contribution in [0.15, 0.2) is 65.1 Å². The molecule has 0 aliphatic heterocycles. The summed E-state index contributed by atoms with van der Waals surface area (Å²) in [5.41, 5.74) is 2.76. The van der Waals surface area contributed by atoms with Gasteiger partial charge in [-0.1, -0.05) is 42.1 Å². The first-order chi connectivity index (χ1) is 15.2. The number of anilines is 1. The van der Waals surface area contributed by atoms with E-state index in [1.807, 2.05) is 60.0 Å². The highest BCUT2D eigenvalue weighted by atomic mass is 32.2. The topological polar surface area (TPSA) is 94.8 Å². The van der Waals surface area contributed by atoms with Gasteiger partial charge < -0.3 is 10.1 Å². The maximum atomic E-state index is 12.2. The van der Waals surface area contributed by atoms with Gasteiger partial charge >= 0.3 is 0 Å². The first kappa shape index (κ1) is 21.0. The molecule has 8 nitrogen and oxygen atoms in total. The van der Waals surface area contributed by atoms with E-state index in [9.17, 15) is 4.79 Å². The first-order valence-electron chi connectivity index (χ1n) is 9.49. The van der Waals surface area contributed by atoms with Crippen LogP contribution in [0, 0.1) is 0 Å². The van der Waals surface area contributed by atoms with Gasteiger partial charge in [0.25, 0.3) is 0 Å². The predicted molar refractivity (Wildman–Crippen MR) is 120 cm³/mol. The summed E-state index contributed by atoms with van der Waals surface area (Å²) < 4.78 is 6.95. The van der Waals surface area contributed by atoms with Gasteiger partial charge in [-0.05, 0) is 40.3 Å². The third kappa shape index (κ3) is 5.89. The molecule has 2 aromatic heterocycles. The van der Waals surface area contributed by atoms with Gasteiger partial charge in [-0.25, -0.2) is 9.67 Å². The number of thioether (sulfide) groups is 1. The number of methoxy groups -OCH3 is 1. The summed E-state index contributed by atoms with van der Waals surface area (Å²) in [5, 5.41) is 18.3. The van der Waals surface area contributed by atoms with E-state index in [0.717, 1.165) is 27.7 Å². The van der Waals surface area contributed by atoms with Gasteiger partial charge in [0, 0.05) is 16.8 Å². The molecule has 0 radical (unpaired) electrons. The van der Waals surface area contributed by atoms with Gasteiger partial charge in [-0.2, -0.15) is 0 Å². The Balaban J connectivity index is 1.30. The Hall–Kier alpha value is -3.24. The molecule has 0 saturated carbocycles. The number of tetrazole rings is 1. The second-order valence-corrected chi connectivity index (χ2v) is 8.46. The first-order valence-corrected chi connectivity index (χ1v) is 11.4. The Morgan fingerprint density at radius 1 is 1.16 bits per heavy atom. The largest absolute Gasteiger partial charge is 0.497 e. The van der Waals surface area contributed by atoms with E-state index in [0.29, 0.717) is 17.5 Å². The predicted octanol–water partition coefficient (Wildman–Crippen LogP) is 3.66. The Bertz CT molecular complexity index is 1130. The number of para-hydroxylation sites is 1. The molecule has 0 saturated heterocycles. The number of nitrogens with zero attached hydrogens (tertiary/aromatic N) is 5. The standard InChI is InChI=1S/C21H20N6O2S2/c1-29-18-9-7-15(8-10-18)12-27-21(24-25-26-27)31-14-17-13-30-20(23-17)11-19(28)22-16-5-3-2-4-6-16/h2-10,13H,11-12,14H2,1H3,(H,22,28). The van der Waals surface area contributed by atoms with Crippen LogP contribution in [-0.2, 0) is 23.5 Å². The quantitative estimate of drug-likeness (QED) is 0.387. The van der Waals surface area contributed by atoms with Crippen molar-refractivity contribution in [2.24, 2.45) is 0 Å². The molecule has 0 atom stereocenters. The summed E-state index contributed by atoms with van der Waals surface area (Å²) >= 11 is 2.99. The third-order valence-electron chi connectivity index (χ3n) is 4.31. The van der Waals surface area contributed by atoms with Crippen molar-refractivity contribution in [3.8, 4) is 5.75 Å². The fourth-order valence-corrected chi connectivity index (χ4v) is 4.47. The van der Waals surface area contributed by atoms with Crippen molar-refractivity contribution in [2.45, 2.75) is 23.9 Å². The zero-order valence-corrected chi connectivity index (χ0v) is 18.4. The maximum absolute atomic E-state index is 12.2. The number of carbonyl (C=O) groups is 1. The van der Waals surface area contributed by atoms with Crippen molar-refractivity contribution in [3.05, 3.63) is 76.2 Å². The number of thiazole rings is 1. The lowest BCUT2D eigenvalue weighted by Crippen LogP contribution is -2.14. The average molecular weight is 453 g/mol. The molecular formula is C21H20N6O2S2. The molecule has 0 spiro atoms. The van der Waals surface area contributed by atoms with Gasteiger partial charge in [0.15, 0.2) is 0 Å². The Morgan fingerprint density at radius 2 is 1.97 bits per heavy atom. The molecule has 0 bridgehead atoms. The zero-order valence-electron chi connectivity index (χ0n) is 16.8. The summed E-state index contributed by atoms with van der Waals surface area (Å²) in [6.45, 7) is 0.571. The van der Waals surface area contributed by atoms with Crippen molar-refractivity contribution in [1.82, 2.24) is 25.2 Å². The maximum Gasteiger partial charge on any atom is 0.231 e. The van der Waals surface area contributed by atoms with Crippen LogP contribution >= 0.6 is 23.1 Å². The highest BCUT2D eigenvalue weighted by Crippen LogP contribution is 2.23. The zero-order chi connectivity index (χ0) is 21.5. The highest BCUT2D eigenvalue weighted by Gasteiger charge is 2.12. The smallest absolute Gasteiger partial charge is 0.231 e. The molecule has 0 aliphatic carbocycles. The number of aromatic nitrogens is 5. The van der Waals surface area contributed by atoms with E-state index in [-0.39, 0.29) is 12.3 Å². The van der Waals surface area contributed by atoms with Crippen LogP contribution in [0.5, 0.6) is 5.75 Å². The Labute approximate surface area is 187 Å². The van der Waals surface area contributed by atoms with Crippen LogP contribution in [0.1, 0.15) is 16.3 Å². The number of hydrogen-bond donors (Lipinski definition) is 1. The molecule has 4 rings (SSSR count). The van der Waals surface area contributed by atoms with Crippen LogP contribution in [-0.4, -0.2) is 38.2 Å². The Morgan fingerprint density at radius 3 is 2.74 bits per heavy atom. The molecule has 0 fully saturated rings. The molecule has 0 unspecified atom stereocenters. The third-order valence-corrected chi connectivity index (χ3v) is 6.20. The van der Waals surface area contributed by atoms with Crippen LogP contribution in [0.2, 0.25) is 0 Å². The number of ether oxygens (including phenoxy) is 1. The number of rotatable bonds is 9. The molecule has 10 heteroatoms. The van der Waals surface area contributed by atoms with Crippen LogP contribution in [0.3, 0.4) is 0 Å². The highest BCUT2D eigenvalue weighted by molar-refractivity contribution is 7.98. The normalized spacial score (nSPS) is 10.7. The summed E-state index contributed by atoms with van der Waals surface area (Å²) in [4.78, 5) is 16.8. The SMILES string of the molecule is COc1ccc(Cn2nnnc2SCc2csc(CC(=O)Nc3ccccc3)n2)cc1. The van der Waals surface area contributed by atoms with Crippen molar-refractivity contribution < 1.29 is 9.53 Å². The summed E-state index contributed by atoms with van der Waals surface area (Å²) in [7, 11) is 1.64. The molecule has 2 aromatic carbocycles. The molecule has 4 aromatic rings. The van der Waals surface area contributed by atoms with Crippen LogP contribution in [0.25, 0.3) is 0 Å². The minimum Gasteiger partial charge on any atom is -0.497 e. The van der Waals surface area contributed by atoms with E-state index >= 15 is 0 Å². The van der Waals surface area contributed by atoms with Crippen LogP contribution < -0.4 is 10.1 Å². The minimum atomic E-state index is -0.0804. The van der Waals surface area contributed by atoms with Crippen molar-refractivity contribution in [1.29, 1.82) is 0 Å². The molecule has 1 amide bonds. The van der Waals surface area contributed by atoms with E-state index < -0.39 is 0 Å². The summed E-state index contributed by atoms with van der Waals surface area (Å²) in [5.74, 6) is 1.36. The summed E-state index contributed by atoms with van der Waals surface area (Å²) in [6, 6.07) is 17.2. The van der Waals surface area contributed by atoms with Crippen molar-refractivity contribution >= 4 is 34.7 Å². The van der Waals surface area contributed by atoms with E-state index in [2.05, 4.69) is 25.8 Å². The lowest BCUT2D eigenvalue weighted by Gasteiger charge is -2.05. The molecular weight excluding hydrogens is 432 g/mol. The van der Waals surface area contributed by atoms with E-state index in [1.165, 1.54) is 23.1 Å².